The quantitative estimate of drug-likeness (QED) is 0.678. The Hall–Kier alpha value is -0.495. The number of thiol groups is 1. The Morgan fingerprint density at radius 1 is 1.18 bits per heavy atom. The SMILES string of the molecule is CC1(C)OB(c2cnn(C3(CS)CCOCC3)c2)OC1(C)C. The van der Waals surface area contributed by atoms with Crippen LogP contribution in [-0.4, -0.2) is 47.1 Å². The highest BCUT2D eigenvalue weighted by molar-refractivity contribution is 7.80. The van der Waals surface area contributed by atoms with Crippen LogP contribution in [0.25, 0.3) is 0 Å². The summed E-state index contributed by atoms with van der Waals surface area (Å²) in [5.41, 5.74) is 0.231. The zero-order chi connectivity index (χ0) is 16.0. The van der Waals surface area contributed by atoms with Crippen LogP contribution in [0, 0.1) is 0 Å². The molecule has 22 heavy (non-hydrogen) atoms. The molecule has 3 heterocycles. The summed E-state index contributed by atoms with van der Waals surface area (Å²) in [6.07, 6.45) is 5.76. The maximum Gasteiger partial charge on any atom is 0.498 e. The van der Waals surface area contributed by atoms with Gasteiger partial charge in [-0.05, 0) is 40.5 Å². The van der Waals surface area contributed by atoms with Crippen molar-refractivity contribution in [2.24, 2.45) is 0 Å². The Labute approximate surface area is 138 Å². The summed E-state index contributed by atoms with van der Waals surface area (Å²) in [4.78, 5) is 0. The Morgan fingerprint density at radius 3 is 2.32 bits per heavy atom. The third kappa shape index (κ3) is 2.62. The molecule has 122 valence electrons. The fourth-order valence-electron chi connectivity index (χ4n) is 2.91. The molecule has 7 heteroatoms. The van der Waals surface area contributed by atoms with Gasteiger partial charge in [-0.1, -0.05) is 0 Å². The predicted octanol–water partition coefficient (Wildman–Crippen LogP) is 1.62. The van der Waals surface area contributed by atoms with Crippen molar-refractivity contribution in [2.75, 3.05) is 19.0 Å². The molecule has 0 spiro atoms. The van der Waals surface area contributed by atoms with Gasteiger partial charge in [0.2, 0.25) is 0 Å². The van der Waals surface area contributed by atoms with Gasteiger partial charge in [-0.25, -0.2) is 0 Å². The third-order valence-electron chi connectivity index (χ3n) is 5.33. The van der Waals surface area contributed by atoms with Crippen LogP contribution in [0.2, 0.25) is 0 Å². The average Bonchev–Trinajstić information content (AvgIpc) is 3.04. The van der Waals surface area contributed by atoms with Gasteiger partial charge >= 0.3 is 7.12 Å². The van der Waals surface area contributed by atoms with Crippen LogP contribution in [-0.2, 0) is 19.6 Å². The molecule has 0 aromatic carbocycles. The molecule has 1 aromatic heterocycles. The van der Waals surface area contributed by atoms with Gasteiger partial charge in [-0.3, -0.25) is 4.68 Å². The van der Waals surface area contributed by atoms with E-state index in [1.807, 2.05) is 17.1 Å². The minimum atomic E-state index is -0.365. The molecule has 0 unspecified atom stereocenters. The number of ether oxygens (including phenoxy) is 1. The molecule has 5 nitrogen and oxygen atoms in total. The highest BCUT2D eigenvalue weighted by Crippen LogP contribution is 2.36. The zero-order valence-corrected chi connectivity index (χ0v) is 14.7. The first-order chi connectivity index (χ1) is 10.3. The lowest BCUT2D eigenvalue weighted by Crippen LogP contribution is -2.42. The fourth-order valence-corrected chi connectivity index (χ4v) is 3.37. The Bertz CT molecular complexity index is 525. The average molecular weight is 324 g/mol. The van der Waals surface area contributed by atoms with Crippen LogP contribution in [0.5, 0.6) is 0 Å². The van der Waals surface area contributed by atoms with Crippen LogP contribution >= 0.6 is 12.6 Å². The van der Waals surface area contributed by atoms with E-state index in [0.29, 0.717) is 0 Å². The topological polar surface area (TPSA) is 45.5 Å². The molecule has 1 aromatic rings. The van der Waals surface area contributed by atoms with Crippen molar-refractivity contribution < 1.29 is 14.0 Å². The summed E-state index contributed by atoms with van der Waals surface area (Å²) < 4.78 is 19.7. The summed E-state index contributed by atoms with van der Waals surface area (Å²) in [7, 11) is -0.365. The molecule has 0 aliphatic carbocycles. The van der Waals surface area contributed by atoms with E-state index < -0.39 is 0 Å². The summed E-state index contributed by atoms with van der Waals surface area (Å²) in [5, 5.41) is 4.58. The van der Waals surface area contributed by atoms with Gasteiger partial charge in [0, 0.05) is 36.8 Å². The minimum Gasteiger partial charge on any atom is -0.399 e. The van der Waals surface area contributed by atoms with Gasteiger partial charge in [0.25, 0.3) is 0 Å². The zero-order valence-electron chi connectivity index (χ0n) is 13.8. The Morgan fingerprint density at radius 2 is 1.77 bits per heavy atom. The number of hydrogen-bond donors (Lipinski definition) is 1. The highest BCUT2D eigenvalue weighted by atomic mass is 32.1. The van der Waals surface area contributed by atoms with E-state index in [1.165, 1.54) is 0 Å². The second kappa shape index (κ2) is 5.55. The third-order valence-corrected chi connectivity index (χ3v) is 5.92. The molecule has 0 atom stereocenters. The second-order valence-electron chi connectivity index (χ2n) is 7.30. The maximum atomic E-state index is 6.10. The van der Waals surface area contributed by atoms with Gasteiger partial charge < -0.3 is 14.0 Å². The molecule has 3 rings (SSSR count). The van der Waals surface area contributed by atoms with Crippen molar-refractivity contribution in [3.8, 4) is 0 Å². The van der Waals surface area contributed by atoms with Crippen LogP contribution in [0.4, 0.5) is 0 Å². The van der Waals surface area contributed by atoms with Crippen LogP contribution < -0.4 is 5.46 Å². The van der Waals surface area contributed by atoms with Crippen LogP contribution in [0.15, 0.2) is 12.4 Å². The largest absolute Gasteiger partial charge is 0.498 e. The molecule has 0 bridgehead atoms. The van der Waals surface area contributed by atoms with Crippen molar-refractivity contribution in [1.29, 1.82) is 0 Å². The molecule has 0 saturated carbocycles. The number of nitrogens with zero attached hydrogens (tertiary/aromatic N) is 2. The number of rotatable bonds is 3. The van der Waals surface area contributed by atoms with Gasteiger partial charge in [0.05, 0.1) is 16.7 Å². The van der Waals surface area contributed by atoms with Crippen LogP contribution in [0.1, 0.15) is 40.5 Å². The van der Waals surface area contributed by atoms with Crippen molar-refractivity contribution >= 4 is 25.2 Å². The number of hydrogen-bond acceptors (Lipinski definition) is 5. The molecular formula is C15H25BN2O3S. The van der Waals surface area contributed by atoms with E-state index >= 15 is 0 Å². The standard InChI is InChI=1S/C15H25BN2O3S/c1-13(2)14(3,4)21-16(20-13)12-9-17-18(10-12)15(11-22)5-7-19-8-6-15/h9-10,22H,5-8,11H2,1-4H3. The predicted molar refractivity (Wildman–Crippen MR) is 89.8 cm³/mol. The van der Waals surface area contributed by atoms with Crippen molar-refractivity contribution in [2.45, 2.75) is 57.3 Å². The maximum absolute atomic E-state index is 6.10. The lowest BCUT2D eigenvalue weighted by Gasteiger charge is -2.36. The smallest absolute Gasteiger partial charge is 0.399 e. The molecule has 0 N–H and O–H groups in total. The van der Waals surface area contributed by atoms with E-state index in [-0.39, 0.29) is 23.9 Å². The molecule has 2 fully saturated rings. The van der Waals surface area contributed by atoms with E-state index in [2.05, 4.69) is 45.4 Å². The summed E-state index contributed by atoms with van der Waals surface area (Å²) in [6, 6.07) is 0. The Kier molecular flexibility index (Phi) is 4.13. The van der Waals surface area contributed by atoms with Gasteiger partial charge in [-0.2, -0.15) is 17.7 Å². The second-order valence-corrected chi connectivity index (χ2v) is 7.62. The molecule has 2 aliphatic rings. The van der Waals surface area contributed by atoms with E-state index in [4.69, 9.17) is 14.0 Å². The monoisotopic (exact) mass is 324 g/mol. The van der Waals surface area contributed by atoms with Crippen molar-refractivity contribution in [3.05, 3.63) is 12.4 Å². The summed E-state index contributed by atoms with van der Waals surface area (Å²) in [5.74, 6) is 0.751. The molecule has 0 radical (unpaired) electrons. The molecule has 2 aliphatic heterocycles. The molecule has 2 saturated heterocycles. The van der Waals surface area contributed by atoms with Gasteiger partial charge in [0.1, 0.15) is 0 Å². The lowest BCUT2D eigenvalue weighted by molar-refractivity contribution is 0.00578. The summed E-state index contributed by atoms with van der Waals surface area (Å²) >= 11 is 4.56. The number of aromatic nitrogens is 2. The fraction of sp³-hybridized carbons (Fsp3) is 0.800. The molecular weight excluding hydrogens is 299 g/mol. The Balaban J connectivity index is 1.83. The highest BCUT2D eigenvalue weighted by Gasteiger charge is 2.52. The van der Waals surface area contributed by atoms with Gasteiger partial charge in [0.15, 0.2) is 0 Å². The van der Waals surface area contributed by atoms with Crippen molar-refractivity contribution in [1.82, 2.24) is 9.78 Å². The van der Waals surface area contributed by atoms with Crippen LogP contribution in [0.3, 0.4) is 0 Å². The van der Waals surface area contributed by atoms with E-state index in [9.17, 15) is 0 Å². The van der Waals surface area contributed by atoms with E-state index in [0.717, 1.165) is 37.3 Å². The first-order valence-electron chi connectivity index (χ1n) is 7.89. The first-order valence-corrected chi connectivity index (χ1v) is 8.52. The minimum absolute atomic E-state index is 0.0662. The van der Waals surface area contributed by atoms with Crippen molar-refractivity contribution in [3.63, 3.8) is 0 Å². The molecule has 0 amide bonds. The van der Waals surface area contributed by atoms with Gasteiger partial charge in [-0.15, -0.1) is 0 Å². The van der Waals surface area contributed by atoms with E-state index in [1.54, 1.807) is 0 Å². The normalized spacial score (nSPS) is 26.3. The first kappa shape index (κ1) is 16.4. The summed E-state index contributed by atoms with van der Waals surface area (Å²) in [6.45, 7) is 9.75. The lowest BCUT2D eigenvalue weighted by atomic mass is 9.81.